The van der Waals surface area contributed by atoms with Crippen LogP contribution >= 0.6 is 0 Å². The number of nitrogens with two attached hydrogens (primary N) is 1. The summed E-state index contributed by atoms with van der Waals surface area (Å²) < 4.78 is 4.32. The molecule has 0 aliphatic carbocycles. The highest BCUT2D eigenvalue weighted by atomic mass is 16.5. The lowest BCUT2D eigenvalue weighted by Crippen LogP contribution is -2.36. The van der Waals surface area contributed by atoms with Crippen molar-refractivity contribution in [1.29, 1.82) is 0 Å². The normalized spacial score (nSPS) is 11.8. The van der Waals surface area contributed by atoms with Crippen LogP contribution in [0, 0.1) is 5.92 Å². The third-order valence-corrected chi connectivity index (χ3v) is 1.00. The smallest absolute Gasteiger partial charge is 0.293 e. The van der Waals surface area contributed by atoms with E-state index < -0.39 is 5.92 Å². The van der Waals surface area contributed by atoms with E-state index in [1.54, 1.807) is 6.92 Å². The van der Waals surface area contributed by atoms with E-state index >= 15 is 0 Å². The van der Waals surface area contributed by atoms with Crippen molar-refractivity contribution in [1.82, 2.24) is 5.43 Å². The Morgan fingerprint density at radius 1 is 1.90 bits per heavy atom. The minimum atomic E-state index is -0.393. The van der Waals surface area contributed by atoms with Gasteiger partial charge in [-0.25, -0.2) is 5.84 Å². The Labute approximate surface area is 58.5 Å². The Kier molecular flexibility index (Phi) is 4.23. The molecule has 0 aromatic rings. The van der Waals surface area contributed by atoms with Gasteiger partial charge in [0.2, 0.25) is 5.91 Å². The number of nitrogens with one attached hydrogen (secondary N) is 1. The molecule has 0 saturated carbocycles. The molecule has 0 radical (unpaired) electrons. The maximum Gasteiger partial charge on any atom is 0.293 e. The van der Waals surface area contributed by atoms with Crippen LogP contribution < -0.4 is 11.3 Å². The van der Waals surface area contributed by atoms with Crippen molar-refractivity contribution in [3.63, 3.8) is 0 Å². The van der Waals surface area contributed by atoms with Crippen molar-refractivity contribution in [3.8, 4) is 0 Å². The maximum absolute atomic E-state index is 10.6. The van der Waals surface area contributed by atoms with E-state index in [4.69, 9.17) is 5.84 Å². The van der Waals surface area contributed by atoms with Crippen molar-refractivity contribution in [2.24, 2.45) is 11.8 Å². The lowest BCUT2D eigenvalue weighted by Gasteiger charge is -2.06. The van der Waals surface area contributed by atoms with Gasteiger partial charge in [-0.15, -0.1) is 0 Å². The van der Waals surface area contributed by atoms with Gasteiger partial charge in [-0.3, -0.25) is 15.0 Å². The summed E-state index contributed by atoms with van der Waals surface area (Å²) in [5, 5.41) is 0. The molecular weight excluding hydrogens is 136 g/mol. The van der Waals surface area contributed by atoms with Gasteiger partial charge in [0.15, 0.2) is 0 Å². The Morgan fingerprint density at radius 2 is 2.50 bits per heavy atom. The molecule has 1 unspecified atom stereocenters. The van der Waals surface area contributed by atoms with Gasteiger partial charge in [0.05, 0.1) is 5.92 Å². The number of carbonyl (C=O) groups excluding carboxylic acids is 2. The van der Waals surface area contributed by atoms with Gasteiger partial charge >= 0.3 is 0 Å². The van der Waals surface area contributed by atoms with Crippen molar-refractivity contribution < 1.29 is 14.3 Å². The molecule has 0 rings (SSSR count). The van der Waals surface area contributed by atoms with Crippen LogP contribution in [0.2, 0.25) is 0 Å². The first-order chi connectivity index (χ1) is 4.72. The third kappa shape index (κ3) is 3.03. The fraction of sp³-hybridized carbons (Fsp3) is 0.600. The summed E-state index contributed by atoms with van der Waals surface area (Å²) in [6.07, 6.45) is 0. The first kappa shape index (κ1) is 8.90. The molecule has 0 aliphatic rings. The summed E-state index contributed by atoms with van der Waals surface area (Å²) in [6, 6.07) is 0. The number of amides is 1. The van der Waals surface area contributed by atoms with E-state index in [9.17, 15) is 9.59 Å². The Balaban J connectivity index is 3.50. The number of carbonyl (C=O) groups is 2. The highest BCUT2D eigenvalue weighted by Gasteiger charge is 2.10. The molecule has 10 heavy (non-hydrogen) atoms. The second kappa shape index (κ2) is 4.75. The predicted molar refractivity (Wildman–Crippen MR) is 33.5 cm³/mol. The summed E-state index contributed by atoms with van der Waals surface area (Å²) in [6.45, 7) is 1.96. The zero-order chi connectivity index (χ0) is 7.98. The Morgan fingerprint density at radius 3 is 2.90 bits per heavy atom. The summed E-state index contributed by atoms with van der Waals surface area (Å²) in [5.41, 5.74) is 1.94. The van der Waals surface area contributed by atoms with E-state index in [1.165, 1.54) is 0 Å². The molecule has 58 valence electrons. The molecule has 3 N–H and O–H groups in total. The van der Waals surface area contributed by atoms with Crippen LogP contribution in [0.5, 0.6) is 0 Å². The molecule has 0 aromatic heterocycles. The number of hydrogen-bond acceptors (Lipinski definition) is 4. The summed E-state index contributed by atoms with van der Waals surface area (Å²) in [4.78, 5) is 20.2. The molecule has 0 saturated heterocycles. The third-order valence-electron chi connectivity index (χ3n) is 1.00. The number of ether oxygens (including phenoxy) is 1. The fourth-order valence-corrected chi connectivity index (χ4v) is 0.402. The summed E-state index contributed by atoms with van der Waals surface area (Å²) >= 11 is 0. The second-order valence-electron chi connectivity index (χ2n) is 1.84. The first-order valence-electron chi connectivity index (χ1n) is 2.78. The van der Waals surface area contributed by atoms with Crippen molar-refractivity contribution in [2.75, 3.05) is 6.61 Å². The molecule has 1 amide bonds. The average molecular weight is 146 g/mol. The molecule has 5 heteroatoms. The number of hydrogen-bond donors (Lipinski definition) is 2. The summed E-state index contributed by atoms with van der Waals surface area (Å²) in [5.74, 6) is 4.06. The Bertz CT molecular complexity index is 126. The van der Waals surface area contributed by atoms with Gasteiger partial charge in [-0.2, -0.15) is 0 Å². The lowest BCUT2D eigenvalue weighted by atomic mass is 10.2. The predicted octanol–water partition coefficient (Wildman–Crippen LogP) is -1.21. The van der Waals surface area contributed by atoms with E-state index in [0.717, 1.165) is 0 Å². The molecule has 0 aliphatic heterocycles. The van der Waals surface area contributed by atoms with Crippen LogP contribution in [0.4, 0.5) is 0 Å². The van der Waals surface area contributed by atoms with Crippen LogP contribution in [0.3, 0.4) is 0 Å². The molecule has 1 atom stereocenters. The average Bonchev–Trinajstić information content (AvgIpc) is 1.98. The maximum atomic E-state index is 10.6. The zero-order valence-electron chi connectivity index (χ0n) is 5.66. The van der Waals surface area contributed by atoms with Gasteiger partial charge in [0.25, 0.3) is 6.47 Å². The van der Waals surface area contributed by atoms with Crippen molar-refractivity contribution in [2.45, 2.75) is 6.92 Å². The van der Waals surface area contributed by atoms with Crippen molar-refractivity contribution >= 4 is 12.4 Å². The summed E-state index contributed by atoms with van der Waals surface area (Å²) in [7, 11) is 0. The number of hydrazine groups is 1. The van der Waals surface area contributed by atoms with Gasteiger partial charge in [-0.05, 0) is 0 Å². The fourth-order valence-electron chi connectivity index (χ4n) is 0.402. The monoisotopic (exact) mass is 146 g/mol. The first-order valence-corrected chi connectivity index (χ1v) is 2.78. The van der Waals surface area contributed by atoms with Gasteiger partial charge in [0, 0.05) is 0 Å². The van der Waals surface area contributed by atoms with E-state index in [-0.39, 0.29) is 12.5 Å². The van der Waals surface area contributed by atoms with E-state index in [1.807, 2.05) is 5.43 Å². The standard InChI is InChI=1S/C5H10N2O3/c1-4(2-10-3-8)5(9)7-6/h3-4H,2,6H2,1H3,(H,7,9). The molecule has 0 fully saturated rings. The van der Waals surface area contributed by atoms with Crippen LogP contribution in [0.25, 0.3) is 0 Å². The molecule has 0 bridgehead atoms. The van der Waals surface area contributed by atoms with Crippen molar-refractivity contribution in [3.05, 3.63) is 0 Å². The van der Waals surface area contributed by atoms with Crippen LogP contribution in [0.15, 0.2) is 0 Å². The van der Waals surface area contributed by atoms with Gasteiger partial charge < -0.3 is 4.74 Å². The topological polar surface area (TPSA) is 81.4 Å². The zero-order valence-corrected chi connectivity index (χ0v) is 5.66. The lowest BCUT2D eigenvalue weighted by molar-refractivity contribution is -0.133. The van der Waals surface area contributed by atoms with E-state index in [0.29, 0.717) is 6.47 Å². The van der Waals surface area contributed by atoms with Crippen LogP contribution in [-0.2, 0) is 14.3 Å². The molecule has 0 aromatic carbocycles. The van der Waals surface area contributed by atoms with Gasteiger partial charge in [0.1, 0.15) is 6.61 Å². The molecular formula is C5H10N2O3. The quantitative estimate of drug-likeness (QED) is 0.225. The minimum Gasteiger partial charge on any atom is -0.467 e. The minimum absolute atomic E-state index is 0.0620. The SMILES string of the molecule is CC(COC=O)C(=O)NN. The largest absolute Gasteiger partial charge is 0.467 e. The highest BCUT2D eigenvalue weighted by Crippen LogP contribution is 1.92. The highest BCUT2D eigenvalue weighted by molar-refractivity contribution is 5.77. The molecule has 0 spiro atoms. The van der Waals surface area contributed by atoms with E-state index in [2.05, 4.69) is 4.74 Å². The Hall–Kier alpha value is -1.10. The van der Waals surface area contributed by atoms with Crippen LogP contribution in [-0.4, -0.2) is 19.0 Å². The molecule has 5 nitrogen and oxygen atoms in total. The second-order valence-corrected chi connectivity index (χ2v) is 1.84. The van der Waals surface area contributed by atoms with Gasteiger partial charge in [-0.1, -0.05) is 6.92 Å². The number of rotatable bonds is 4. The molecule has 0 heterocycles. The van der Waals surface area contributed by atoms with Crippen LogP contribution in [0.1, 0.15) is 6.92 Å².